The quantitative estimate of drug-likeness (QED) is 0.911. The van der Waals surface area contributed by atoms with Crippen LogP contribution in [0.5, 0.6) is 5.75 Å². The molecule has 0 aliphatic carbocycles. The Hall–Kier alpha value is -1.80. The van der Waals surface area contributed by atoms with Gasteiger partial charge in [0.25, 0.3) is 0 Å². The lowest BCUT2D eigenvalue weighted by Crippen LogP contribution is -2.47. The third-order valence-corrected chi connectivity index (χ3v) is 3.88. The Morgan fingerprint density at radius 1 is 0.950 bits per heavy atom. The molecule has 0 aromatic heterocycles. The van der Waals surface area contributed by atoms with Gasteiger partial charge in [-0.3, -0.25) is 0 Å². The van der Waals surface area contributed by atoms with Crippen LogP contribution in [0.2, 0.25) is 0 Å². The van der Waals surface area contributed by atoms with Crippen molar-refractivity contribution in [3.63, 3.8) is 0 Å². The second-order valence-corrected chi connectivity index (χ2v) is 5.72. The fourth-order valence-electron chi connectivity index (χ4n) is 2.75. The van der Waals surface area contributed by atoms with Gasteiger partial charge in [0.05, 0.1) is 0 Å². The van der Waals surface area contributed by atoms with Gasteiger partial charge in [0.15, 0.2) is 0 Å². The van der Waals surface area contributed by atoms with Crippen molar-refractivity contribution in [3.8, 4) is 16.9 Å². The van der Waals surface area contributed by atoms with Crippen molar-refractivity contribution in [1.82, 2.24) is 5.32 Å². The Morgan fingerprint density at radius 3 is 2.30 bits per heavy atom. The molecular weight excluding hydrogens is 246 g/mol. The molecule has 0 radical (unpaired) electrons. The zero-order valence-corrected chi connectivity index (χ0v) is 11.9. The van der Waals surface area contributed by atoms with Gasteiger partial charge in [-0.15, -0.1) is 0 Å². The van der Waals surface area contributed by atoms with E-state index in [2.05, 4.69) is 60.8 Å². The normalized spacial score (nSPS) is 22.4. The topological polar surface area (TPSA) is 21.3 Å². The molecule has 0 bridgehead atoms. The standard InChI is InChI=1S/C18H21NO/c1-18(12-5-13-19-14-18)20-17-10-8-16(9-11-17)15-6-3-2-4-7-15/h2-4,6-11,19H,5,12-14H2,1H3. The minimum Gasteiger partial charge on any atom is -0.486 e. The maximum Gasteiger partial charge on any atom is 0.120 e. The molecule has 104 valence electrons. The SMILES string of the molecule is CC1(Oc2ccc(-c3ccccc3)cc2)CCCNC1. The van der Waals surface area contributed by atoms with E-state index >= 15 is 0 Å². The summed E-state index contributed by atoms with van der Waals surface area (Å²) in [4.78, 5) is 0. The van der Waals surface area contributed by atoms with Crippen LogP contribution in [0.25, 0.3) is 11.1 Å². The van der Waals surface area contributed by atoms with Crippen molar-refractivity contribution in [1.29, 1.82) is 0 Å². The lowest BCUT2D eigenvalue weighted by Gasteiger charge is -2.34. The van der Waals surface area contributed by atoms with E-state index in [-0.39, 0.29) is 5.60 Å². The van der Waals surface area contributed by atoms with Gasteiger partial charge in [-0.05, 0) is 49.6 Å². The maximum atomic E-state index is 6.17. The van der Waals surface area contributed by atoms with Crippen molar-refractivity contribution in [2.45, 2.75) is 25.4 Å². The molecule has 1 fully saturated rings. The monoisotopic (exact) mass is 267 g/mol. The summed E-state index contributed by atoms with van der Waals surface area (Å²) in [6.45, 7) is 4.21. The Morgan fingerprint density at radius 2 is 1.65 bits per heavy atom. The molecule has 0 spiro atoms. The lowest BCUT2D eigenvalue weighted by atomic mass is 9.96. The summed E-state index contributed by atoms with van der Waals surface area (Å²) in [5.41, 5.74) is 2.39. The van der Waals surface area contributed by atoms with Crippen LogP contribution in [-0.4, -0.2) is 18.7 Å². The molecule has 3 rings (SSSR count). The second-order valence-electron chi connectivity index (χ2n) is 5.72. The van der Waals surface area contributed by atoms with E-state index in [0.717, 1.165) is 25.3 Å². The van der Waals surface area contributed by atoms with Crippen molar-refractivity contribution >= 4 is 0 Å². The summed E-state index contributed by atoms with van der Waals surface area (Å²) in [7, 11) is 0. The van der Waals surface area contributed by atoms with E-state index in [9.17, 15) is 0 Å². The van der Waals surface area contributed by atoms with Crippen LogP contribution >= 0.6 is 0 Å². The second kappa shape index (κ2) is 5.68. The van der Waals surface area contributed by atoms with E-state index in [1.165, 1.54) is 17.5 Å². The zero-order valence-electron chi connectivity index (χ0n) is 11.9. The van der Waals surface area contributed by atoms with Crippen LogP contribution < -0.4 is 10.1 Å². The van der Waals surface area contributed by atoms with Gasteiger partial charge in [-0.1, -0.05) is 42.5 Å². The van der Waals surface area contributed by atoms with Crippen molar-refractivity contribution in [2.24, 2.45) is 0 Å². The van der Waals surface area contributed by atoms with E-state index in [4.69, 9.17) is 4.74 Å². The van der Waals surface area contributed by atoms with Crippen molar-refractivity contribution in [3.05, 3.63) is 54.6 Å². The Kier molecular flexibility index (Phi) is 3.75. The molecule has 20 heavy (non-hydrogen) atoms. The highest BCUT2D eigenvalue weighted by Gasteiger charge is 2.28. The fourth-order valence-corrected chi connectivity index (χ4v) is 2.75. The molecule has 2 nitrogen and oxygen atoms in total. The smallest absolute Gasteiger partial charge is 0.120 e. The average Bonchev–Trinajstić information content (AvgIpc) is 2.49. The van der Waals surface area contributed by atoms with Crippen molar-refractivity contribution in [2.75, 3.05) is 13.1 Å². The van der Waals surface area contributed by atoms with Crippen LogP contribution in [0.4, 0.5) is 0 Å². The molecule has 2 aromatic rings. The summed E-state index contributed by atoms with van der Waals surface area (Å²) < 4.78 is 6.17. The molecule has 1 aliphatic rings. The zero-order chi connectivity index (χ0) is 13.8. The summed E-state index contributed by atoms with van der Waals surface area (Å²) >= 11 is 0. The van der Waals surface area contributed by atoms with Gasteiger partial charge in [0, 0.05) is 6.54 Å². The number of rotatable bonds is 3. The highest BCUT2D eigenvalue weighted by atomic mass is 16.5. The third-order valence-electron chi connectivity index (χ3n) is 3.88. The molecule has 1 saturated heterocycles. The number of hydrogen-bond acceptors (Lipinski definition) is 2. The fraction of sp³-hybridized carbons (Fsp3) is 0.333. The Balaban J connectivity index is 1.73. The molecule has 1 unspecified atom stereocenters. The van der Waals surface area contributed by atoms with Gasteiger partial charge in [-0.2, -0.15) is 0 Å². The lowest BCUT2D eigenvalue weighted by molar-refractivity contribution is 0.0615. The molecule has 1 aliphatic heterocycles. The number of piperidine rings is 1. The van der Waals surface area contributed by atoms with E-state index in [1.54, 1.807) is 0 Å². The first-order chi connectivity index (χ1) is 9.75. The number of benzene rings is 2. The highest BCUT2D eigenvalue weighted by Crippen LogP contribution is 2.27. The van der Waals surface area contributed by atoms with E-state index in [0.29, 0.717) is 0 Å². The highest BCUT2D eigenvalue weighted by molar-refractivity contribution is 5.63. The van der Waals surface area contributed by atoms with Gasteiger partial charge < -0.3 is 10.1 Å². The van der Waals surface area contributed by atoms with Gasteiger partial charge in [-0.25, -0.2) is 0 Å². The maximum absolute atomic E-state index is 6.17. The molecule has 0 saturated carbocycles. The largest absolute Gasteiger partial charge is 0.486 e. The summed E-state index contributed by atoms with van der Waals surface area (Å²) in [5.74, 6) is 0.955. The predicted octanol–water partition coefficient (Wildman–Crippen LogP) is 3.87. The van der Waals surface area contributed by atoms with E-state index < -0.39 is 0 Å². The first kappa shape index (κ1) is 13.2. The first-order valence-corrected chi connectivity index (χ1v) is 7.30. The molecule has 2 aromatic carbocycles. The Labute approximate surface area is 120 Å². The molecular formula is C18H21NO. The number of hydrogen-bond donors (Lipinski definition) is 1. The van der Waals surface area contributed by atoms with Crippen LogP contribution in [0, 0.1) is 0 Å². The average molecular weight is 267 g/mol. The molecule has 0 amide bonds. The number of ether oxygens (including phenoxy) is 1. The Bertz CT molecular complexity index is 541. The van der Waals surface area contributed by atoms with Crippen LogP contribution in [-0.2, 0) is 0 Å². The number of nitrogens with one attached hydrogen (secondary N) is 1. The minimum atomic E-state index is -0.0769. The predicted molar refractivity (Wildman–Crippen MR) is 83.0 cm³/mol. The molecule has 1 atom stereocenters. The van der Waals surface area contributed by atoms with Crippen LogP contribution in [0.3, 0.4) is 0 Å². The summed E-state index contributed by atoms with van der Waals surface area (Å²) in [6, 6.07) is 18.8. The minimum absolute atomic E-state index is 0.0769. The van der Waals surface area contributed by atoms with Gasteiger partial charge in [0.2, 0.25) is 0 Å². The van der Waals surface area contributed by atoms with Crippen LogP contribution in [0.1, 0.15) is 19.8 Å². The summed E-state index contributed by atoms with van der Waals surface area (Å²) in [5, 5.41) is 3.41. The summed E-state index contributed by atoms with van der Waals surface area (Å²) in [6.07, 6.45) is 2.29. The van der Waals surface area contributed by atoms with Gasteiger partial charge in [0.1, 0.15) is 11.4 Å². The first-order valence-electron chi connectivity index (χ1n) is 7.30. The van der Waals surface area contributed by atoms with Gasteiger partial charge >= 0.3 is 0 Å². The molecule has 1 N–H and O–H groups in total. The van der Waals surface area contributed by atoms with Crippen LogP contribution in [0.15, 0.2) is 54.6 Å². The van der Waals surface area contributed by atoms with Crippen molar-refractivity contribution < 1.29 is 4.74 Å². The molecule has 2 heteroatoms. The van der Waals surface area contributed by atoms with E-state index in [1.807, 2.05) is 6.07 Å². The third kappa shape index (κ3) is 3.02. The molecule has 1 heterocycles.